The number of benzene rings is 1. The van der Waals surface area contributed by atoms with E-state index in [9.17, 15) is 14.4 Å². The molecule has 2 N–H and O–H groups in total. The summed E-state index contributed by atoms with van der Waals surface area (Å²) in [6.45, 7) is 2.55. The zero-order chi connectivity index (χ0) is 17.0. The van der Waals surface area contributed by atoms with Crippen LogP contribution in [0.25, 0.3) is 0 Å². The number of amides is 4. The van der Waals surface area contributed by atoms with Crippen LogP contribution >= 0.6 is 15.9 Å². The summed E-state index contributed by atoms with van der Waals surface area (Å²) in [5, 5.41) is 5.37. The number of halogens is 1. The molecule has 0 bridgehead atoms. The predicted octanol–water partition coefficient (Wildman–Crippen LogP) is 1.26. The smallest absolute Gasteiger partial charge is 0.324 e. The zero-order valence-corrected chi connectivity index (χ0v) is 14.6. The van der Waals surface area contributed by atoms with Crippen molar-refractivity contribution in [1.82, 2.24) is 15.1 Å². The Hall–Kier alpha value is -1.93. The van der Waals surface area contributed by atoms with Crippen LogP contribution in [0.4, 0.5) is 10.5 Å². The van der Waals surface area contributed by atoms with Gasteiger partial charge in [0, 0.05) is 17.6 Å². The molecule has 2 rings (SSSR count). The molecule has 1 aromatic rings. The Morgan fingerprint density at radius 3 is 2.74 bits per heavy atom. The monoisotopic (exact) mass is 382 g/mol. The van der Waals surface area contributed by atoms with Gasteiger partial charge in [-0.15, -0.1) is 0 Å². The number of nitrogens with one attached hydrogen (secondary N) is 2. The molecule has 0 spiro atoms. The van der Waals surface area contributed by atoms with Crippen molar-refractivity contribution in [2.75, 3.05) is 32.0 Å². The first-order valence-electron chi connectivity index (χ1n) is 7.24. The number of hydrogen-bond acceptors (Lipinski definition) is 4. The van der Waals surface area contributed by atoms with Gasteiger partial charge in [-0.3, -0.25) is 19.4 Å². The average Bonchev–Trinajstić information content (AvgIpc) is 2.94. The maximum Gasteiger partial charge on any atom is 0.324 e. The molecule has 1 aliphatic rings. The van der Waals surface area contributed by atoms with Gasteiger partial charge in [0.25, 0.3) is 0 Å². The molecule has 7 nitrogen and oxygen atoms in total. The summed E-state index contributed by atoms with van der Waals surface area (Å²) < 4.78 is 0.786. The van der Waals surface area contributed by atoms with Crippen molar-refractivity contribution in [3.05, 3.63) is 28.7 Å². The van der Waals surface area contributed by atoms with Crippen LogP contribution in [0.2, 0.25) is 0 Å². The molecule has 0 unspecified atom stereocenters. The number of nitrogens with zero attached hydrogens (tertiary/aromatic N) is 2. The molecule has 124 valence electrons. The molecule has 0 saturated carbocycles. The van der Waals surface area contributed by atoms with Crippen LogP contribution in [0, 0.1) is 0 Å². The van der Waals surface area contributed by atoms with Gasteiger partial charge in [0.2, 0.25) is 11.8 Å². The maximum atomic E-state index is 12.3. The Labute approximate surface area is 143 Å². The summed E-state index contributed by atoms with van der Waals surface area (Å²) in [5.74, 6) is -0.541. The van der Waals surface area contributed by atoms with Gasteiger partial charge in [0.1, 0.15) is 0 Å². The van der Waals surface area contributed by atoms with Crippen LogP contribution in [-0.4, -0.2) is 60.4 Å². The first-order chi connectivity index (χ1) is 10.9. The third kappa shape index (κ3) is 4.29. The quantitative estimate of drug-likeness (QED) is 0.802. The van der Waals surface area contributed by atoms with E-state index in [-0.39, 0.29) is 24.4 Å². The van der Waals surface area contributed by atoms with Gasteiger partial charge in [0.15, 0.2) is 0 Å². The van der Waals surface area contributed by atoms with Gasteiger partial charge in [-0.2, -0.15) is 0 Å². The van der Waals surface area contributed by atoms with Crippen molar-refractivity contribution < 1.29 is 14.4 Å². The Kier molecular flexibility index (Phi) is 5.73. The van der Waals surface area contributed by atoms with E-state index >= 15 is 0 Å². The third-order valence-electron chi connectivity index (χ3n) is 3.68. The lowest BCUT2D eigenvalue weighted by atomic mass is 10.2. The highest BCUT2D eigenvalue weighted by molar-refractivity contribution is 9.10. The first kappa shape index (κ1) is 17.4. The van der Waals surface area contributed by atoms with Crippen molar-refractivity contribution in [2.45, 2.75) is 13.0 Å². The molecule has 8 heteroatoms. The summed E-state index contributed by atoms with van der Waals surface area (Å²) in [5.41, 5.74) is 0.670. The number of urea groups is 1. The topological polar surface area (TPSA) is 81.8 Å². The van der Waals surface area contributed by atoms with Crippen LogP contribution < -0.4 is 10.6 Å². The molecule has 1 fully saturated rings. The van der Waals surface area contributed by atoms with E-state index in [2.05, 4.69) is 26.6 Å². The highest BCUT2D eigenvalue weighted by Crippen LogP contribution is 2.21. The van der Waals surface area contributed by atoms with Gasteiger partial charge in [-0.25, -0.2) is 4.79 Å². The Bertz CT molecular complexity index is 622. The highest BCUT2D eigenvalue weighted by atomic mass is 79.9. The maximum absolute atomic E-state index is 12.3. The molecule has 0 aliphatic carbocycles. The minimum Gasteiger partial charge on any atom is -0.336 e. The Morgan fingerprint density at radius 2 is 2.13 bits per heavy atom. The van der Waals surface area contributed by atoms with E-state index in [0.29, 0.717) is 18.8 Å². The second kappa shape index (κ2) is 7.56. The number of carbonyl (C=O) groups excluding carboxylic acids is 3. The predicted molar refractivity (Wildman–Crippen MR) is 90.0 cm³/mol. The zero-order valence-electron chi connectivity index (χ0n) is 13.0. The van der Waals surface area contributed by atoms with Crippen molar-refractivity contribution in [3.8, 4) is 0 Å². The molecule has 4 amide bonds. The molecule has 1 aromatic carbocycles. The molecule has 1 aliphatic heterocycles. The molecule has 0 radical (unpaired) electrons. The summed E-state index contributed by atoms with van der Waals surface area (Å²) in [7, 11) is 1.68. The molecule has 23 heavy (non-hydrogen) atoms. The minimum atomic E-state index is -0.566. The van der Waals surface area contributed by atoms with Crippen molar-refractivity contribution in [2.24, 2.45) is 0 Å². The van der Waals surface area contributed by atoms with Gasteiger partial charge in [-0.1, -0.05) is 12.1 Å². The van der Waals surface area contributed by atoms with Crippen LogP contribution in [0.5, 0.6) is 0 Å². The molecular weight excluding hydrogens is 364 g/mol. The largest absolute Gasteiger partial charge is 0.336 e. The van der Waals surface area contributed by atoms with E-state index in [1.54, 1.807) is 24.9 Å². The van der Waals surface area contributed by atoms with E-state index in [4.69, 9.17) is 0 Å². The lowest BCUT2D eigenvalue weighted by Gasteiger charge is -2.26. The third-order valence-corrected chi connectivity index (χ3v) is 4.37. The summed E-state index contributed by atoms with van der Waals surface area (Å²) in [6, 6.07) is 6.34. The number of hydrogen-bond donors (Lipinski definition) is 2. The first-order valence-corrected chi connectivity index (χ1v) is 8.03. The van der Waals surface area contributed by atoms with E-state index in [1.807, 2.05) is 18.2 Å². The summed E-state index contributed by atoms with van der Waals surface area (Å²) in [6.07, 6.45) is 0. The minimum absolute atomic E-state index is 0.0453. The number of likely N-dealkylation sites (N-methyl/N-ethyl adjacent to an activating group) is 1. The van der Waals surface area contributed by atoms with Crippen molar-refractivity contribution in [3.63, 3.8) is 0 Å². The average molecular weight is 383 g/mol. The number of rotatable bonds is 5. The van der Waals surface area contributed by atoms with Crippen LogP contribution in [0.15, 0.2) is 28.7 Å². The lowest BCUT2D eigenvalue weighted by Crippen LogP contribution is -2.48. The number of imide groups is 1. The molecular formula is C15H19BrN4O3. The van der Waals surface area contributed by atoms with E-state index in [0.717, 1.165) is 4.47 Å². The number of anilines is 1. The van der Waals surface area contributed by atoms with E-state index < -0.39 is 6.04 Å². The van der Waals surface area contributed by atoms with Gasteiger partial charge < -0.3 is 10.6 Å². The van der Waals surface area contributed by atoms with Gasteiger partial charge >= 0.3 is 6.03 Å². The van der Waals surface area contributed by atoms with Crippen LogP contribution in [-0.2, 0) is 9.59 Å². The fraction of sp³-hybridized carbons (Fsp3) is 0.400. The highest BCUT2D eigenvalue weighted by Gasteiger charge is 2.31. The molecule has 1 heterocycles. The van der Waals surface area contributed by atoms with Gasteiger partial charge in [0.05, 0.1) is 18.3 Å². The Morgan fingerprint density at radius 1 is 1.43 bits per heavy atom. The summed E-state index contributed by atoms with van der Waals surface area (Å²) >= 11 is 3.36. The normalized spacial score (nSPS) is 15.5. The fourth-order valence-corrected chi connectivity index (χ4v) is 2.60. The Balaban J connectivity index is 1.91. The van der Waals surface area contributed by atoms with Crippen molar-refractivity contribution in [1.29, 1.82) is 0 Å². The molecule has 1 atom stereocenters. The van der Waals surface area contributed by atoms with Gasteiger partial charge in [-0.05, 0) is 42.0 Å². The standard InChI is InChI=1S/C15H19BrN4O3/c1-10(14(22)20-8-7-17-15(20)23)19(2)9-13(21)18-12-6-4-3-5-11(12)16/h3-6,10H,7-9H2,1-2H3,(H,17,23)(H,18,21)/t10-/m0/s1. The number of para-hydroxylation sites is 1. The van der Waals surface area contributed by atoms with E-state index in [1.165, 1.54) is 4.90 Å². The number of carbonyl (C=O) groups is 3. The molecule has 0 aromatic heterocycles. The summed E-state index contributed by atoms with van der Waals surface area (Å²) in [4.78, 5) is 38.7. The SMILES string of the molecule is C[C@@H](C(=O)N1CCNC1=O)N(C)CC(=O)Nc1ccccc1Br. The lowest BCUT2D eigenvalue weighted by molar-refractivity contribution is -0.132. The second-order valence-corrected chi connectivity index (χ2v) is 6.20. The van der Waals surface area contributed by atoms with Crippen molar-refractivity contribution >= 4 is 39.5 Å². The van der Waals surface area contributed by atoms with Crippen LogP contribution in [0.1, 0.15) is 6.92 Å². The molecule has 1 saturated heterocycles. The van der Waals surface area contributed by atoms with Crippen LogP contribution in [0.3, 0.4) is 0 Å². The fourth-order valence-electron chi connectivity index (χ4n) is 2.21. The second-order valence-electron chi connectivity index (χ2n) is 5.34.